The second-order valence-corrected chi connectivity index (χ2v) is 2.94. The van der Waals surface area contributed by atoms with Crippen molar-refractivity contribution < 1.29 is 126 Å². The van der Waals surface area contributed by atoms with Crippen LogP contribution in [0.5, 0.6) is 0 Å². The molecular weight excluding hydrogens is 393 g/mol. The quantitative estimate of drug-likeness (QED) is 0.221. The van der Waals surface area contributed by atoms with Gasteiger partial charge in [0.1, 0.15) is 36.6 Å². The standard InChI is InChI=1S/C6H12O6.Ca.Fe.K.Mg.Zn.5H/c7-1-2(8)4(10)6(12)5(11)3(1)9;;;;;;;;;;/h1-12H;;;;;;;;;;/q;+2;;+1;+2;;5*-1. The third-order valence-electron chi connectivity index (χ3n) is 2.10. The Hall–Kier alpha value is 4.57. The molecule has 1 saturated carbocycles. The molecule has 0 aromatic rings. The Morgan fingerprint density at radius 3 is 0.706 bits per heavy atom. The average molecular weight is 410 g/mol. The summed E-state index contributed by atoms with van der Waals surface area (Å²) in [5.41, 5.74) is 0. The summed E-state index contributed by atoms with van der Waals surface area (Å²) in [6.45, 7) is 0. The molecular formula is C6H17CaFeKMgO6Zn. The van der Waals surface area contributed by atoms with E-state index in [1.807, 2.05) is 0 Å². The molecule has 0 unspecified atom stereocenters. The molecule has 1 rings (SSSR count). The summed E-state index contributed by atoms with van der Waals surface area (Å²) in [5, 5.41) is 53.8. The third kappa shape index (κ3) is 8.69. The van der Waals surface area contributed by atoms with Gasteiger partial charge in [-0.15, -0.1) is 0 Å². The third-order valence-corrected chi connectivity index (χ3v) is 2.10. The van der Waals surface area contributed by atoms with E-state index >= 15 is 0 Å². The zero-order valence-electron chi connectivity index (χ0n) is 14.6. The van der Waals surface area contributed by atoms with E-state index in [4.69, 9.17) is 30.6 Å². The first-order valence-electron chi connectivity index (χ1n) is 3.55. The molecule has 1 fully saturated rings. The zero-order valence-corrected chi connectivity index (χ0v) is 20.4. The van der Waals surface area contributed by atoms with Gasteiger partial charge in [0.25, 0.3) is 0 Å². The zero-order chi connectivity index (χ0) is 9.46. The Morgan fingerprint density at radius 1 is 0.588 bits per heavy atom. The molecule has 6 N–H and O–H groups in total. The molecule has 0 aromatic carbocycles. The van der Waals surface area contributed by atoms with Crippen LogP contribution in [0, 0.1) is 0 Å². The minimum atomic E-state index is -1.64. The molecule has 0 spiro atoms. The van der Waals surface area contributed by atoms with Crippen LogP contribution in [0.25, 0.3) is 0 Å². The molecule has 1 aliphatic carbocycles. The van der Waals surface area contributed by atoms with Gasteiger partial charge in [-0.1, -0.05) is 0 Å². The van der Waals surface area contributed by atoms with Crippen molar-refractivity contribution in [1.29, 1.82) is 0 Å². The fraction of sp³-hybridized carbons (Fsp3) is 1.00. The molecule has 1 aliphatic rings. The van der Waals surface area contributed by atoms with Crippen LogP contribution < -0.4 is 51.4 Å². The normalized spacial score (nSPS) is 39.2. The van der Waals surface area contributed by atoms with Crippen LogP contribution in [0.3, 0.4) is 0 Å². The van der Waals surface area contributed by atoms with Crippen molar-refractivity contribution in [2.45, 2.75) is 36.6 Å². The minimum Gasteiger partial charge on any atom is -1.00 e. The fourth-order valence-electron chi connectivity index (χ4n) is 1.21. The van der Waals surface area contributed by atoms with E-state index in [2.05, 4.69) is 0 Å². The topological polar surface area (TPSA) is 121 Å². The first-order chi connectivity index (χ1) is 5.46. The van der Waals surface area contributed by atoms with E-state index in [1.54, 1.807) is 0 Å². The molecule has 0 aromatic heterocycles. The Balaban J connectivity index is -0.0000000180. The van der Waals surface area contributed by atoms with E-state index in [9.17, 15) is 0 Å². The van der Waals surface area contributed by atoms with E-state index < -0.39 is 36.6 Å². The van der Waals surface area contributed by atoms with Crippen molar-refractivity contribution in [3.05, 3.63) is 0 Å². The van der Waals surface area contributed by atoms with Crippen LogP contribution in [-0.2, 0) is 36.5 Å². The number of hydrogen-bond acceptors (Lipinski definition) is 6. The summed E-state index contributed by atoms with van der Waals surface area (Å²) < 4.78 is 0. The molecule has 92 valence electrons. The molecule has 11 heteroatoms. The van der Waals surface area contributed by atoms with Gasteiger partial charge in [-0.3, -0.25) is 0 Å². The Kier molecular flexibility index (Phi) is 30.2. The van der Waals surface area contributed by atoms with Gasteiger partial charge >= 0.3 is 112 Å². The number of hydrogen-bond donors (Lipinski definition) is 6. The van der Waals surface area contributed by atoms with Gasteiger partial charge in [-0.25, -0.2) is 0 Å². The summed E-state index contributed by atoms with van der Waals surface area (Å²) in [4.78, 5) is 0. The van der Waals surface area contributed by atoms with Gasteiger partial charge in [0.05, 0.1) is 0 Å². The molecule has 0 bridgehead atoms. The smallest absolute Gasteiger partial charge is 1.00 e. The van der Waals surface area contributed by atoms with Gasteiger partial charge in [-0.05, 0) is 0 Å². The van der Waals surface area contributed by atoms with Crippen LogP contribution in [0.15, 0.2) is 0 Å². The summed E-state index contributed by atoms with van der Waals surface area (Å²) in [7, 11) is 0. The molecule has 0 heterocycles. The predicted molar refractivity (Wildman–Crippen MR) is 53.1 cm³/mol. The molecule has 6 nitrogen and oxygen atoms in total. The maximum absolute atomic E-state index is 8.97. The van der Waals surface area contributed by atoms with Crippen LogP contribution in [0.2, 0.25) is 0 Å². The summed E-state index contributed by atoms with van der Waals surface area (Å²) in [6.07, 6.45) is -9.84. The number of aliphatic hydroxyl groups is 6. The number of aliphatic hydroxyl groups excluding tert-OH is 6. The second-order valence-electron chi connectivity index (χ2n) is 2.94. The Bertz CT molecular complexity index is 147. The molecule has 0 atom stereocenters. The second kappa shape index (κ2) is 15.5. The fourth-order valence-corrected chi connectivity index (χ4v) is 1.21. The monoisotopic (exact) mass is 408 g/mol. The van der Waals surface area contributed by atoms with Gasteiger partial charge in [-0.2, -0.15) is 0 Å². The SMILES string of the molecule is OC1C(O)C(O)C(O)C(O)C1O.[Ca+2].[Fe].[H-].[H-].[H-].[H-].[H-].[K+].[Mg+2].[Zn]. The van der Waals surface area contributed by atoms with Crippen LogP contribution >= 0.6 is 0 Å². The van der Waals surface area contributed by atoms with Crippen molar-refractivity contribution in [2.24, 2.45) is 0 Å². The van der Waals surface area contributed by atoms with Crippen LogP contribution in [0.4, 0.5) is 0 Å². The minimum absolute atomic E-state index is 0. The van der Waals surface area contributed by atoms with Gasteiger partial charge in [0, 0.05) is 36.5 Å². The van der Waals surface area contributed by atoms with Gasteiger partial charge < -0.3 is 37.8 Å². The number of rotatable bonds is 0. The van der Waals surface area contributed by atoms with Crippen molar-refractivity contribution >= 4 is 60.8 Å². The maximum atomic E-state index is 8.97. The molecule has 0 radical (unpaired) electrons. The van der Waals surface area contributed by atoms with Crippen LogP contribution in [-0.4, -0.2) is 128 Å². The Labute approximate surface area is 219 Å². The molecule has 17 heavy (non-hydrogen) atoms. The first-order valence-corrected chi connectivity index (χ1v) is 3.55. The van der Waals surface area contributed by atoms with Gasteiger partial charge in [0.2, 0.25) is 0 Å². The van der Waals surface area contributed by atoms with Crippen molar-refractivity contribution in [1.82, 2.24) is 0 Å². The summed E-state index contributed by atoms with van der Waals surface area (Å²) >= 11 is 0. The largest absolute Gasteiger partial charge is 2.00 e. The predicted octanol–water partition coefficient (Wildman–Crippen LogP) is -7.03. The van der Waals surface area contributed by atoms with E-state index in [1.165, 1.54) is 0 Å². The first kappa shape index (κ1) is 33.2. The van der Waals surface area contributed by atoms with Gasteiger partial charge in [0.15, 0.2) is 0 Å². The van der Waals surface area contributed by atoms with Crippen molar-refractivity contribution in [3.8, 4) is 0 Å². The van der Waals surface area contributed by atoms with Crippen LogP contribution in [0.1, 0.15) is 7.13 Å². The molecule has 0 amide bonds. The molecule has 0 saturated heterocycles. The van der Waals surface area contributed by atoms with E-state index in [-0.39, 0.29) is 156 Å². The summed E-state index contributed by atoms with van der Waals surface area (Å²) in [6, 6.07) is 0. The molecule has 0 aliphatic heterocycles. The van der Waals surface area contributed by atoms with Crippen molar-refractivity contribution in [2.75, 3.05) is 0 Å². The van der Waals surface area contributed by atoms with Crippen molar-refractivity contribution in [3.63, 3.8) is 0 Å². The van der Waals surface area contributed by atoms with E-state index in [0.717, 1.165) is 0 Å². The Morgan fingerprint density at radius 2 is 0.647 bits per heavy atom. The summed E-state index contributed by atoms with van der Waals surface area (Å²) in [5.74, 6) is 0. The average Bonchev–Trinajstić information content (AvgIpc) is 2.08. The maximum Gasteiger partial charge on any atom is 2.00 e. The van der Waals surface area contributed by atoms with E-state index in [0.29, 0.717) is 0 Å².